The molecule has 0 saturated carbocycles. The molecule has 126 valence electrons. The van der Waals surface area contributed by atoms with Crippen LogP contribution in [0.3, 0.4) is 0 Å². The molecule has 2 rings (SSSR count). The van der Waals surface area contributed by atoms with Crippen molar-refractivity contribution in [3.8, 4) is 5.75 Å². The summed E-state index contributed by atoms with van der Waals surface area (Å²) >= 11 is 0. The molecule has 0 aliphatic rings. The van der Waals surface area contributed by atoms with E-state index in [1.54, 1.807) is 19.5 Å². The fraction of sp³-hybridized carbons (Fsp3) is 0.471. The minimum Gasteiger partial charge on any atom is -0.496 e. The Kier molecular flexibility index (Phi) is 5.82. The number of aromatic amines is 1. The lowest BCUT2D eigenvalue weighted by atomic mass is 10.0. The smallest absolute Gasteiger partial charge is 0.196 e. The molecule has 0 aliphatic heterocycles. The van der Waals surface area contributed by atoms with Gasteiger partial charge in [0, 0.05) is 24.6 Å². The number of methoxy groups -OCH3 is 1. The normalized spacial score (nSPS) is 12.4. The van der Waals surface area contributed by atoms with Crippen molar-refractivity contribution in [2.75, 3.05) is 19.0 Å². The fourth-order valence-corrected chi connectivity index (χ4v) is 3.70. The first-order valence-electron chi connectivity index (χ1n) is 7.72. The Labute approximate surface area is 140 Å². The van der Waals surface area contributed by atoms with Gasteiger partial charge >= 0.3 is 0 Å². The molecule has 0 aliphatic carbocycles. The van der Waals surface area contributed by atoms with Crippen molar-refractivity contribution >= 4 is 16.5 Å². The van der Waals surface area contributed by atoms with Gasteiger partial charge in [-0.15, -0.1) is 0 Å². The molecule has 0 amide bonds. The number of imidazole rings is 1. The average molecular weight is 335 g/mol. The highest BCUT2D eigenvalue weighted by Crippen LogP contribution is 2.33. The minimum absolute atomic E-state index is 0.399. The Morgan fingerprint density at radius 1 is 1.39 bits per heavy atom. The summed E-state index contributed by atoms with van der Waals surface area (Å²) in [6.45, 7) is 9.24. The van der Waals surface area contributed by atoms with E-state index in [0.717, 1.165) is 34.7 Å². The number of aromatic nitrogens is 2. The Bertz CT molecular complexity index is 682. The van der Waals surface area contributed by atoms with Gasteiger partial charge in [-0.3, -0.25) is 4.21 Å². The van der Waals surface area contributed by atoms with Gasteiger partial charge in [0.2, 0.25) is 0 Å². The molecule has 0 fully saturated rings. The van der Waals surface area contributed by atoms with Crippen molar-refractivity contribution in [1.82, 2.24) is 9.97 Å². The van der Waals surface area contributed by atoms with Crippen LogP contribution in [0.5, 0.6) is 5.75 Å². The molecule has 0 saturated heterocycles. The van der Waals surface area contributed by atoms with E-state index in [1.807, 2.05) is 13.8 Å². The number of benzene rings is 1. The van der Waals surface area contributed by atoms with E-state index in [4.69, 9.17) is 4.74 Å². The molecule has 6 heteroatoms. The first kappa shape index (κ1) is 17.5. The summed E-state index contributed by atoms with van der Waals surface area (Å²) in [5, 5.41) is 3.97. The van der Waals surface area contributed by atoms with Crippen LogP contribution in [-0.4, -0.2) is 27.8 Å². The molecule has 1 aromatic heterocycles. The highest BCUT2D eigenvalue weighted by molar-refractivity contribution is 7.84. The Morgan fingerprint density at radius 3 is 2.70 bits per heavy atom. The third kappa shape index (κ3) is 4.13. The molecule has 1 unspecified atom stereocenters. The second kappa shape index (κ2) is 7.64. The van der Waals surface area contributed by atoms with Crippen molar-refractivity contribution in [1.29, 1.82) is 0 Å². The Morgan fingerprint density at radius 2 is 2.13 bits per heavy atom. The maximum absolute atomic E-state index is 12.6. The van der Waals surface area contributed by atoms with Gasteiger partial charge in [0.1, 0.15) is 5.75 Å². The van der Waals surface area contributed by atoms with Crippen LogP contribution < -0.4 is 10.1 Å². The Hall–Kier alpha value is -1.82. The van der Waals surface area contributed by atoms with Crippen molar-refractivity contribution < 1.29 is 8.95 Å². The summed E-state index contributed by atoms with van der Waals surface area (Å²) in [4.78, 5) is 7.02. The summed E-state index contributed by atoms with van der Waals surface area (Å²) in [7, 11) is 0.453. The van der Waals surface area contributed by atoms with Crippen molar-refractivity contribution in [2.45, 2.75) is 38.6 Å². The van der Waals surface area contributed by atoms with Gasteiger partial charge in [-0.2, -0.15) is 0 Å². The van der Waals surface area contributed by atoms with E-state index in [0.29, 0.717) is 16.8 Å². The molecule has 1 heterocycles. The number of H-pyrrole nitrogens is 1. The number of hydrogen-bond acceptors (Lipinski definition) is 4. The van der Waals surface area contributed by atoms with Gasteiger partial charge in [0.15, 0.2) is 5.16 Å². The number of rotatable bonds is 7. The van der Waals surface area contributed by atoms with Gasteiger partial charge in [-0.25, -0.2) is 4.98 Å². The van der Waals surface area contributed by atoms with E-state index in [1.165, 1.54) is 0 Å². The zero-order valence-corrected chi connectivity index (χ0v) is 15.2. The maximum atomic E-state index is 12.6. The zero-order valence-electron chi connectivity index (χ0n) is 14.4. The first-order chi connectivity index (χ1) is 10.9. The van der Waals surface area contributed by atoms with Gasteiger partial charge in [-0.05, 0) is 42.5 Å². The van der Waals surface area contributed by atoms with Crippen LogP contribution >= 0.6 is 0 Å². The van der Waals surface area contributed by atoms with E-state index < -0.39 is 10.8 Å². The first-order valence-corrected chi connectivity index (χ1v) is 9.04. The summed E-state index contributed by atoms with van der Waals surface area (Å²) in [6.07, 6.45) is 3.31. The van der Waals surface area contributed by atoms with E-state index in [9.17, 15) is 4.21 Å². The molecule has 1 atom stereocenters. The van der Waals surface area contributed by atoms with Crippen molar-refractivity contribution in [2.24, 2.45) is 5.92 Å². The molecular formula is C17H25N3O2S. The van der Waals surface area contributed by atoms with Gasteiger partial charge in [0.25, 0.3) is 0 Å². The van der Waals surface area contributed by atoms with Crippen molar-refractivity contribution in [3.05, 3.63) is 35.2 Å². The van der Waals surface area contributed by atoms with Crippen molar-refractivity contribution in [3.63, 3.8) is 0 Å². The lowest BCUT2D eigenvalue weighted by Gasteiger charge is -2.19. The van der Waals surface area contributed by atoms with Crippen LogP contribution in [0.25, 0.3) is 0 Å². The predicted octanol–water partition coefficient (Wildman–Crippen LogP) is 3.41. The molecule has 1 aromatic carbocycles. The number of nitrogens with one attached hydrogen (secondary N) is 2. The fourth-order valence-electron chi connectivity index (χ4n) is 2.55. The maximum Gasteiger partial charge on any atom is 0.196 e. The van der Waals surface area contributed by atoms with E-state index >= 15 is 0 Å². The van der Waals surface area contributed by atoms with Gasteiger partial charge in [-0.1, -0.05) is 13.8 Å². The highest BCUT2D eigenvalue weighted by Gasteiger charge is 2.18. The molecule has 2 aromatic rings. The highest BCUT2D eigenvalue weighted by atomic mass is 32.2. The minimum atomic E-state index is -1.22. The average Bonchev–Trinajstić information content (AvgIpc) is 3.03. The molecule has 0 spiro atoms. The van der Waals surface area contributed by atoms with Crippen LogP contribution in [0.4, 0.5) is 5.69 Å². The van der Waals surface area contributed by atoms with Crippen LogP contribution in [0, 0.1) is 19.8 Å². The molecule has 2 N–H and O–H groups in total. The second-order valence-corrected chi connectivity index (χ2v) is 7.40. The van der Waals surface area contributed by atoms with Crippen LogP contribution in [0.2, 0.25) is 0 Å². The number of hydrogen-bond donors (Lipinski definition) is 2. The Balaban J connectivity index is 2.39. The van der Waals surface area contributed by atoms with Gasteiger partial charge < -0.3 is 15.0 Å². The summed E-state index contributed by atoms with van der Waals surface area (Å²) < 4.78 is 18.1. The largest absolute Gasteiger partial charge is 0.496 e. The number of nitrogens with zero attached hydrogens (tertiary/aromatic N) is 1. The lowest BCUT2D eigenvalue weighted by Crippen LogP contribution is -2.12. The van der Waals surface area contributed by atoms with Crippen LogP contribution in [-0.2, 0) is 16.6 Å². The second-order valence-electron chi connectivity index (χ2n) is 6.04. The number of anilines is 1. The molecular weight excluding hydrogens is 310 g/mol. The lowest BCUT2D eigenvalue weighted by molar-refractivity contribution is 0.408. The zero-order chi connectivity index (χ0) is 17.0. The summed E-state index contributed by atoms with van der Waals surface area (Å²) in [5.41, 5.74) is 4.14. The third-order valence-corrected chi connectivity index (χ3v) is 4.91. The van der Waals surface area contributed by atoms with Crippen LogP contribution in [0.1, 0.15) is 30.5 Å². The SMILES string of the molecule is COc1c(C)cc(NCC(C)C)c(CS(=O)c2ncc[nH]2)c1C. The molecule has 5 nitrogen and oxygen atoms in total. The van der Waals surface area contributed by atoms with E-state index in [-0.39, 0.29) is 0 Å². The molecule has 0 bridgehead atoms. The summed E-state index contributed by atoms with van der Waals surface area (Å²) in [6, 6.07) is 2.07. The molecule has 0 radical (unpaired) electrons. The van der Waals surface area contributed by atoms with E-state index in [2.05, 4.69) is 35.2 Å². The topological polar surface area (TPSA) is 67.0 Å². The monoisotopic (exact) mass is 335 g/mol. The number of aryl methyl sites for hydroxylation is 1. The molecule has 23 heavy (non-hydrogen) atoms. The third-order valence-electron chi connectivity index (χ3n) is 3.71. The van der Waals surface area contributed by atoms with Gasteiger partial charge in [0.05, 0.1) is 23.7 Å². The number of ether oxygens (including phenoxy) is 1. The quantitative estimate of drug-likeness (QED) is 0.814. The summed E-state index contributed by atoms with van der Waals surface area (Å²) in [5.74, 6) is 1.78. The standard InChI is InChI=1S/C17H25N3O2S/c1-11(2)9-20-15-8-12(3)16(22-5)13(4)14(15)10-23(21)17-18-6-7-19-17/h6-8,11,20H,9-10H2,1-5H3,(H,18,19). The predicted molar refractivity (Wildman–Crippen MR) is 94.5 cm³/mol. The van der Waals surface area contributed by atoms with Crippen LogP contribution in [0.15, 0.2) is 23.6 Å².